The van der Waals surface area contributed by atoms with Crippen LogP contribution in [0.4, 0.5) is 5.69 Å². The fraction of sp³-hybridized carbons (Fsp3) is 0.188. The number of carbonyl (C=O) groups excluding carboxylic acids is 1. The van der Waals surface area contributed by atoms with Crippen LogP contribution >= 0.6 is 11.6 Å². The fourth-order valence-electron chi connectivity index (χ4n) is 2.47. The van der Waals surface area contributed by atoms with Crippen molar-refractivity contribution in [1.29, 1.82) is 0 Å². The molecule has 1 unspecified atom stereocenters. The third-order valence-electron chi connectivity index (χ3n) is 3.61. The lowest BCUT2D eigenvalue weighted by Crippen LogP contribution is -2.12. The Morgan fingerprint density at radius 1 is 1.20 bits per heavy atom. The predicted octanol–water partition coefficient (Wildman–Crippen LogP) is 3.19. The highest BCUT2D eigenvalue weighted by atomic mass is 35.5. The molecule has 0 radical (unpaired) electrons. The molecule has 1 amide bonds. The normalized spacial score (nSPS) is 14.8. The number of hydrogen-bond donors (Lipinski definition) is 2. The van der Waals surface area contributed by atoms with Crippen LogP contribution in [-0.2, 0) is 11.2 Å². The Balaban J connectivity index is 1.99. The highest BCUT2D eigenvalue weighted by Crippen LogP contribution is 2.35. The van der Waals surface area contributed by atoms with E-state index in [1.54, 1.807) is 0 Å². The second-order valence-corrected chi connectivity index (χ2v) is 5.56. The lowest BCUT2D eigenvalue weighted by atomic mass is 9.96. The summed E-state index contributed by atoms with van der Waals surface area (Å²) in [6.45, 7) is 2.04. The van der Waals surface area contributed by atoms with E-state index < -0.39 is 0 Å². The number of carbonyl (C=O) groups is 1. The molecule has 0 aliphatic carbocycles. The molecule has 0 bridgehead atoms. The highest BCUT2D eigenvalue weighted by molar-refractivity contribution is 6.34. The molecule has 0 fully saturated rings. The van der Waals surface area contributed by atoms with Gasteiger partial charge in [-0.05, 0) is 29.7 Å². The number of benzene rings is 2. The van der Waals surface area contributed by atoms with Crippen molar-refractivity contribution >= 4 is 23.2 Å². The van der Waals surface area contributed by atoms with Crippen molar-refractivity contribution in [3.63, 3.8) is 0 Å². The van der Waals surface area contributed by atoms with E-state index in [0.29, 0.717) is 11.4 Å². The molecule has 2 aromatic carbocycles. The second-order valence-electron chi connectivity index (χ2n) is 5.15. The molecule has 3 rings (SSSR count). The molecule has 20 heavy (non-hydrogen) atoms. The third kappa shape index (κ3) is 2.30. The predicted molar refractivity (Wildman–Crippen MR) is 81.0 cm³/mol. The first-order valence-electron chi connectivity index (χ1n) is 6.49. The topological polar surface area (TPSA) is 55.1 Å². The minimum atomic E-state index is -0.242. The van der Waals surface area contributed by atoms with Crippen LogP contribution in [0.25, 0.3) is 0 Å². The van der Waals surface area contributed by atoms with Gasteiger partial charge in [0.25, 0.3) is 0 Å². The molecule has 1 aliphatic heterocycles. The number of amides is 1. The molecule has 0 saturated heterocycles. The van der Waals surface area contributed by atoms with Crippen LogP contribution in [0.15, 0.2) is 36.4 Å². The van der Waals surface area contributed by atoms with E-state index in [1.165, 1.54) is 5.56 Å². The molecule has 0 spiro atoms. The molecule has 4 heteroatoms. The lowest BCUT2D eigenvalue weighted by molar-refractivity contribution is -0.115. The standard InChI is InChI=1S/C16H15ClN2O/c1-9-2-4-10(5-3-9)15(18)11-6-12-8-14(20)19-16(12)13(17)7-11/h2-7,15H,8,18H2,1H3,(H,19,20). The smallest absolute Gasteiger partial charge is 0.228 e. The first kappa shape index (κ1) is 13.2. The van der Waals surface area contributed by atoms with Gasteiger partial charge in [-0.1, -0.05) is 47.5 Å². The molecular weight excluding hydrogens is 272 g/mol. The molecule has 1 heterocycles. The van der Waals surface area contributed by atoms with E-state index >= 15 is 0 Å². The SMILES string of the molecule is Cc1ccc(C(N)c2cc(Cl)c3c(c2)CC(=O)N3)cc1. The Morgan fingerprint density at radius 3 is 2.60 bits per heavy atom. The third-order valence-corrected chi connectivity index (χ3v) is 3.90. The van der Waals surface area contributed by atoms with Crippen molar-refractivity contribution in [3.8, 4) is 0 Å². The maximum Gasteiger partial charge on any atom is 0.228 e. The van der Waals surface area contributed by atoms with Gasteiger partial charge in [0.2, 0.25) is 5.91 Å². The van der Waals surface area contributed by atoms with Gasteiger partial charge in [0.15, 0.2) is 0 Å². The van der Waals surface area contributed by atoms with Crippen molar-refractivity contribution < 1.29 is 4.79 Å². The molecular formula is C16H15ClN2O. The average molecular weight is 287 g/mol. The summed E-state index contributed by atoms with van der Waals surface area (Å²) in [6, 6.07) is 11.7. The van der Waals surface area contributed by atoms with Gasteiger partial charge < -0.3 is 11.1 Å². The van der Waals surface area contributed by atoms with Crippen LogP contribution < -0.4 is 11.1 Å². The summed E-state index contributed by atoms with van der Waals surface area (Å²) in [6.07, 6.45) is 0.365. The minimum absolute atomic E-state index is 0.0250. The Kier molecular flexibility index (Phi) is 3.24. The average Bonchev–Trinajstić information content (AvgIpc) is 2.80. The van der Waals surface area contributed by atoms with Gasteiger partial charge in [0, 0.05) is 0 Å². The number of fused-ring (bicyclic) bond motifs is 1. The van der Waals surface area contributed by atoms with E-state index in [-0.39, 0.29) is 11.9 Å². The van der Waals surface area contributed by atoms with Crippen molar-refractivity contribution in [3.05, 3.63) is 63.7 Å². The van der Waals surface area contributed by atoms with Crippen LogP contribution in [0.2, 0.25) is 5.02 Å². The number of aryl methyl sites for hydroxylation is 1. The molecule has 1 atom stereocenters. The Labute approximate surface area is 122 Å². The maximum atomic E-state index is 11.4. The Bertz CT molecular complexity index is 680. The van der Waals surface area contributed by atoms with Crippen molar-refractivity contribution in [2.24, 2.45) is 5.73 Å². The van der Waals surface area contributed by atoms with E-state index in [0.717, 1.165) is 22.4 Å². The molecule has 2 aromatic rings. The summed E-state index contributed by atoms with van der Waals surface area (Å²) < 4.78 is 0. The zero-order chi connectivity index (χ0) is 14.3. The molecule has 102 valence electrons. The first-order chi connectivity index (χ1) is 9.54. The quantitative estimate of drug-likeness (QED) is 0.891. The number of anilines is 1. The summed E-state index contributed by atoms with van der Waals surface area (Å²) in [5.74, 6) is -0.0250. The zero-order valence-electron chi connectivity index (χ0n) is 11.1. The number of halogens is 1. The van der Waals surface area contributed by atoms with Crippen LogP contribution in [-0.4, -0.2) is 5.91 Å². The van der Waals surface area contributed by atoms with Gasteiger partial charge in [-0.25, -0.2) is 0 Å². The molecule has 1 aliphatic rings. The molecule has 3 N–H and O–H groups in total. The fourth-order valence-corrected chi connectivity index (χ4v) is 2.76. The summed E-state index contributed by atoms with van der Waals surface area (Å²) in [5, 5.41) is 3.31. The van der Waals surface area contributed by atoms with Crippen molar-refractivity contribution in [2.45, 2.75) is 19.4 Å². The maximum absolute atomic E-state index is 11.4. The molecule has 0 saturated carbocycles. The Hall–Kier alpha value is -1.84. The number of hydrogen-bond acceptors (Lipinski definition) is 2. The van der Waals surface area contributed by atoms with Gasteiger partial charge in [0.05, 0.1) is 23.2 Å². The van der Waals surface area contributed by atoms with Crippen LogP contribution in [0.3, 0.4) is 0 Å². The van der Waals surface area contributed by atoms with E-state index in [1.807, 2.05) is 43.3 Å². The van der Waals surface area contributed by atoms with E-state index in [9.17, 15) is 4.79 Å². The minimum Gasteiger partial charge on any atom is -0.324 e. The Morgan fingerprint density at radius 2 is 1.90 bits per heavy atom. The van der Waals surface area contributed by atoms with E-state index in [2.05, 4.69) is 5.32 Å². The lowest BCUT2D eigenvalue weighted by Gasteiger charge is -2.15. The van der Waals surface area contributed by atoms with Gasteiger partial charge in [-0.15, -0.1) is 0 Å². The van der Waals surface area contributed by atoms with Gasteiger partial charge >= 0.3 is 0 Å². The first-order valence-corrected chi connectivity index (χ1v) is 6.86. The number of nitrogens with one attached hydrogen (secondary N) is 1. The molecule has 3 nitrogen and oxygen atoms in total. The summed E-state index contributed by atoms with van der Waals surface area (Å²) in [5.41, 5.74) is 11.1. The van der Waals surface area contributed by atoms with Crippen LogP contribution in [0, 0.1) is 6.92 Å². The van der Waals surface area contributed by atoms with Gasteiger partial charge in [-0.2, -0.15) is 0 Å². The number of nitrogens with two attached hydrogens (primary N) is 1. The highest BCUT2D eigenvalue weighted by Gasteiger charge is 2.22. The van der Waals surface area contributed by atoms with Crippen molar-refractivity contribution in [2.75, 3.05) is 5.32 Å². The summed E-state index contributed by atoms with van der Waals surface area (Å²) >= 11 is 6.23. The van der Waals surface area contributed by atoms with Crippen molar-refractivity contribution in [1.82, 2.24) is 0 Å². The summed E-state index contributed by atoms with van der Waals surface area (Å²) in [4.78, 5) is 11.4. The molecule has 0 aromatic heterocycles. The van der Waals surface area contributed by atoms with Crippen LogP contribution in [0.5, 0.6) is 0 Å². The summed E-state index contributed by atoms with van der Waals surface area (Å²) in [7, 11) is 0. The van der Waals surface area contributed by atoms with Gasteiger partial charge in [-0.3, -0.25) is 4.79 Å². The van der Waals surface area contributed by atoms with Crippen LogP contribution in [0.1, 0.15) is 28.3 Å². The van der Waals surface area contributed by atoms with Gasteiger partial charge in [0.1, 0.15) is 0 Å². The second kappa shape index (κ2) is 4.93. The zero-order valence-corrected chi connectivity index (χ0v) is 11.9. The largest absolute Gasteiger partial charge is 0.324 e. The monoisotopic (exact) mass is 286 g/mol. The number of rotatable bonds is 2. The van der Waals surface area contributed by atoms with E-state index in [4.69, 9.17) is 17.3 Å².